The summed E-state index contributed by atoms with van der Waals surface area (Å²) >= 11 is 11.4. The van der Waals surface area contributed by atoms with Gasteiger partial charge in [0.1, 0.15) is 5.75 Å². The van der Waals surface area contributed by atoms with Gasteiger partial charge in [0.05, 0.1) is 13.2 Å². The van der Waals surface area contributed by atoms with E-state index in [1.54, 1.807) is 41.3 Å². The van der Waals surface area contributed by atoms with Gasteiger partial charge in [-0.3, -0.25) is 14.9 Å². The van der Waals surface area contributed by atoms with Gasteiger partial charge in [-0.1, -0.05) is 17.7 Å². The lowest BCUT2D eigenvalue weighted by Crippen LogP contribution is -2.40. The van der Waals surface area contributed by atoms with E-state index in [9.17, 15) is 9.59 Å². The van der Waals surface area contributed by atoms with Crippen molar-refractivity contribution in [3.8, 4) is 5.75 Å². The van der Waals surface area contributed by atoms with Gasteiger partial charge in [-0.2, -0.15) is 0 Å². The topological polar surface area (TPSA) is 79.9 Å². The predicted octanol–water partition coefficient (Wildman–Crippen LogP) is 3.32. The number of halogens is 1. The SMILES string of the molecule is Cc1cc(OCC(=O)NC(=S)Nc2cccc(C(=O)N3CCOCC3)c2)cc(C)c1Cl. The highest BCUT2D eigenvalue weighted by atomic mass is 35.5. The highest BCUT2D eigenvalue weighted by Crippen LogP contribution is 2.25. The number of hydrogen-bond donors (Lipinski definition) is 2. The van der Waals surface area contributed by atoms with Crippen LogP contribution in [-0.2, 0) is 9.53 Å². The zero-order valence-electron chi connectivity index (χ0n) is 17.4. The van der Waals surface area contributed by atoms with Crippen LogP contribution in [0.15, 0.2) is 36.4 Å². The Morgan fingerprint density at radius 1 is 1.16 bits per heavy atom. The molecular weight excluding hydrogens is 438 g/mol. The molecule has 0 aliphatic carbocycles. The Hall–Kier alpha value is -2.68. The smallest absolute Gasteiger partial charge is 0.264 e. The minimum atomic E-state index is -0.400. The van der Waals surface area contributed by atoms with E-state index in [-0.39, 0.29) is 17.6 Å². The number of ether oxygens (including phenoxy) is 2. The van der Waals surface area contributed by atoms with Crippen molar-refractivity contribution in [2.45, 2.75) is 13.8 Å². The molecule has 2 N–H and O–H groups in total. The van der Waals surface area contributed by atoms with E-state index in [0.717, 1.165) is 11.1 Å². The van der Waals surface area contributed by atoms with E-state index in [1.165, 1.54) is 0 Å². The molecule has 1 aliphatic heterocycles. The largest absolute Gasteiger partial charge is 0.484 e. The monoisotopic (exact) mass is 461 g/mol. The van der Waals surface area contributed by atoms with E-state index in [4.69, 9.17) is 33.3 Å². The summed E-state index contributed by atoms with van der Waals surface area (Å²) in [7, 11) is 0. The van der Waals surface area contributed by atoms with Gasteiger partial charge < -0.3 is 19.7 Å². The van der Waals surface area contributed by atoms with Crippen molar-refractivity contribution < 1.29 is 19.1 Å². The molecule has 1 saturated heterocycles. The average Bonchev–Trinajstić information content (AvgIpc) is 2.76. The van der Waals surface area contributed by atoms with Crippen LogP contribution in [0.25, 0.3) is 0 Å². The van der Waals surface area contributed by atoms with Crippen LogP contribution in [0.3, 0.4) is 0 Å². The quantitative estimate of drug-likeness (QED) is 0.665. The van der Waals surface area contributed by atoms with Gasteiger partial charge in [-0.25, -0.2) is 0 Å². The number of morpholine rings is 1. The first-order valence-corrected chi connectivity index (χ1v) is 10.6. The molecule has 2 aromatic carbocycles. The fraction of sp³-hybridized carbons (Fsp3) is 0.318. The number of carbonyl (C=O) groups is 2. The number of amides is 2. The number of aryl methyl sites for hydroxylation is 2. The molecule has 3 rings (SSSR count). The molecule has 0 bridgehead atoms. The van der Waals surface area contributed by atoms with Crippen LogP contribution in [0.4, 0.5) is 5.69 Å². The van der Waals surface area contributed by atoms with Crippen molar-refractivity contribution in [1.82, 2.24) is 10.2 Å². The number of nitrogens with one attached hydrogen (secondary N) is 2. The molecule has 2 aromatic rings. The summed E-state index contributed by atoms with van der Waals surface area (Å²) in [6.45, 7) is 5.76. The second kappa shape index (κ2) is 10.6. The van der Waals surface area contributed by atoms with Gasteiger partial charge in [-0.05, 0) is 67.5 Å². The van der Waals surface area contributed by atoms with Crippen LogP contribution < -0.4 is 15.4 Å². The van der Waals surface area contributed by atoms with Gasteiger partial charge in [-0.15, -0.1) is 0 Å². The van der Waals surface area contributed by atoms with Crippen LogP contribution in [0, 0.1) is 13.8 Å². The standard InChI is InChI=1S/C22H24ClN3O4S/c1-14-10-18(11-15(2)20(14)23)30-13-19(27)25-22(31)24-17-5-3-4-16(12-17)21(28)26-6-8-29-9-7-26/h3-5,10-12H,6-9,13H2,1-2H3,(H2,24,25,27,31). The molecule has 1 aliphatic rings. The first-order valence-electron chi connectivity index (χ1n) is 9.81. The summed E-state index contributed by atoms with van der Waals surface area (Å²) in [6.07, 6.45) is 0. The van der Waals surface area contributed by atoms with Crippen LogP contribution in [0.2, 0.25) is 5.02 Å². The predicted molar refractivity (Wildman–Crippen MR) is 124 cm³/mol. The lowest BCUT2D eigenvalue weighted by Gasteiger charge is -2.27. The maximum absolute atomic E-state index is 12.6. The zero-order chi connectivity index (χ0) is 22.4. The molecule has 9 heteroatoms. The Bertz CT molecular complexity index is 969. The fourth-order valence-electron chi connectivity index (χ4n) is 3.14. The van der Waals surface area contributed by atoms with Gasteiger partial charge in [0.2, 0.25) is 0 Å². The number of thiocarbonyl (C=S) groups is 1. The Morgan fingerprint density at radius 3 is 2.52 bits per heavy atom. The lowest BCUT2D eigenvalue weighted by atomic mass is 10.1. The minimum absolute atomic E-state index is 0.0659. The number of benzene rings is 2. The Morgan fingerprint density at radius 2 is 1.84 bits per heavy atom. The number of anilines is 1. The van der Waals surface area contributed by atoms with E-state index in [1.807, 2.05) is 13.8 Å². The third-order valence-electron chi connectivity index (χ3n) is 4.70. The van der Waals surface area contributed by atoms with Crippen molar-refractivity contribution in [2.24, 2.45) is 0 Å². The third kappa shape index (κ3) is 6.40. The van der Waals surface area contributed by atoms with E-state index in [2.05, 4.69) is 10.6 Å². The molecule has 2 amide bonds. The molecule has 1 heterocycles. The molecule has 0 spiro atoms. The lowest BCUT2D eigenvalue weighted by molar-refractivity contribution is -0.121. The van der Waals surface area contributed by atoms with Crippen molar-refractivity contribution >= 4 is 46.4 Å². The Labute approximate surface area is 191 Å². The molecule has 164 valence electrons. The normalized spacial score (nSPS) is 13.5. The van der Waals surface area contributed by atoms with Gasteiger partial charge in [0.25, 0.3) is 11.8 Å². The molecule has 0 atom stereocenters. The molecule has 0 saturated carbocycles. The molecule has 0 radical (unpaired) electrons. The van der Waals surface area contributed by atoms with Crippen molar-refractivity contribution in [3.63, 3.8) is 0 Å². The molecule has 0 aromatic heterocycles. The fourth-order valence-corrected chi connectivity index (χ4v) is 3.48. The first kappa shape index (κ1) is 23.0. The highest BCUT2D eigenvalue weighted by molar-refractivity contribution is 7.80. The molecular formula is C22H24ClN3O4S. The number of carbonyl (C=O) groups excluding carboxylic acids is 2. The summed E-state index contributed by atoms with van der Waals surface area (Å²) in [4.78, 5) is 26.5. The van der Waals surface area contributed by atoms with Crippen LogP contribution in [0.5, 0.6) is 5.75 Å². The summed E-state index contributed by atoms with van der Waals surface area (Å²) in [5, 5.41) is 6.29. The Balaban J connectivity index is 1.52. The van der Waals surface area contributed by atoms with E-state index < -0.39 is 5.91 Å². The number of hydrogen-bond acceptors (Lipinski definition) is 5. The third-order valence-corrected chi connectivity index (χ3v) is 5.50. The highest BCUT2D eigenvalue weighted by Gasteiger charge is 2.18. The van der Waals surface area contributed by atoms with Crippen molar-refractivity contribution in [1.29, 1.82) is 0 Å². The Kier molecular flexibility index (Phi) is 7.84. The summed E-state index contributed by atoms with van der Waals surface area (Å²) in [5.41, 5.74) is 2.90. The molecule has 1 fully saturated rings. The van der Waals surface area contributed by atoms with Gasteiger partial charge in [0.15, 0.2) is 11.7 Å². The number of nitrogens with zero attached hydrogens (tertiary/aromatic N) is 1. The number of rotatable bonds is 5. The van der Waals surface area contributed by atoms with E-state index >= 15 is 0 Å². The van der Waals surface area contributed by atoms with Crippen LogP contribution in [-0.4, -0.2) is 54.7 Å². The first-order chi connectivity index (χ1) is 14.8. The maximum atomic E-state index is 12.6. The van der Waals surface area contributed by atoms with Gasteiger partial charge >= 0.3 is 0 Å². The maximum Gasteiger partial charge on any atom is 0.264 e. The van der Waals surface area contributed by atoms with Crippen molar-refractivity contribution in [2.75, 3.05) is 38.2 Å². The van der Waals surface area contributed by atoms with Gasteiger partial charge in [0, 0.05) is 29.4 Å². The molecule has 0 unspecified atom stereocenters. The summed E-state index contributed by atoms with van der Waals surface area (Å²) in [5.74, 6) is 0.0925. The second-order valence-electron chi connectivity index (χ2n) is 7.15. The second-order valence-corrected chi connectivity index (χ2v) is 7.93. The average molecular weight is 462 g/mol. The van der Waals surface area contributed by atoms with E-state index in [0.29, 0.717) is 48.3 Å². The van der Waals surface area contributed by atoms with Crippen molar-refractivity contribution in [3.05, 3.63) is 58.1 Å². The molecule has 7 nitrogen and oxygen atoms in total. The van der Waals surface area contributed by atoms with Crippen LogP contribution in [0.1, 0.15) is 21.5 Å². The molecule has 31 heavy (non-hydrogen) atoms. The minimum Gasteiger partial charge on any atom is -0.484 e. The zero-order valence-corrected chi connectivity index (χ0v) is 18.9. The summed E-state index contributed by atoms with van der Waals surface area (Å²) < 4.78 is 10.8. The van der Waals surface area contributed by atoms with Crippen LogP contribution >= 0.6 is 23.8 Å². The summed E-state index contributed by atoms with van der Waals surface area (Å²) in [6, 6.07) is 10.5.